The van der Waals surface area contributed by atoms with Crippen LogP contribution in [0.3, 0.4) is 0 Å². The molecule has 2 heterocycles. The van der Waals surface area contributed by atoms with Gasteiger partial charge in [-0.05, 0) is 63.9 Å². The lowest BCUT2D eigenvalue weighted by molar-refractivity contribution is -0.126. The second kappa shape index (κ2) is 9.28. The highest BCUT2D eigenvalue weighted by atomic mass is 32.2. The molecule has 0 radical (unpaired) electrons. The summed E-state index contributed by atoms with van der Waals surface area (Å²) in [6.07, 6.45) is 4.17. The Morgan fingerprint density at radius 2 is 1.79 bits per heavy atom. The molecule has 0 bridgehead atoms. The summed E-state index contributed by atoms with van der Waals surface area (Å²) in [6.45, 7) is 4.16. The van der Waals surface area contributed by atoms with E-state index in [-0.39, 0.29) is 24.9 Å². The lowest BCUT2D eigenvalue weighted by atomic mass is 9.97. The molecule has 28 heavy (non-hydrogen) atoms. The molecule has 2 fully saturated rings. The van der Waals surface area contributed by atoms with Crippen molar-refractivity contribution in [1.82, 2.24) is 14.5 Å². The van der Waals surface area contributed by atoms with Gasteiger partial charge in [-0.2, -0.15) is 4.31 Å². The van der Waals surface area contributed by atoms with Crippen LogP contribution in [0.15, 0.2) is 23.1 Å². The third-order valence-corrected chi connectivity index (χ3v) is 7.42. The van der Waals surface area contributed by atoms with Gasteiger partial charge in [0.05, 0.1) is 0 Å². The Balaban J connectivity index is 1.46. The fourth-order valence-electron chi connectivity index (χ4n) is 3.85. The molecule has 0 spiro atoms. The predicted octanol–water partition coefficient (Wildman–Crippen LogP) is 1.97. The molecule has 2 saturated heterocycles. The van der Waals surface area contributed by atoms with Gasteiger partial charge in [-0.15, -0.1) is 0 Å². The Labute approximate surface area is 164 Å². The highest BCUT2D eigenvalue weighted by Gasteiger charge is 2.33. The van der Waals surface area contributed by atoms with Crippen LogP contribution in [0.1, 0.15) is 32.1 Å². The maximum Gasteiger partial charge on any atom is 0.245 e. The average molecular weight is 416 g/mol. The van der Waals surface area contributed by atoms with Crippen molar-refractivity contribution < 1.29 is 22.0 Å². The summed E-state index contributed by atoms with van der Waals surface area (Å²) in [5.74, 6) is -2.21. The first-order valence-electron chi connectivity index (χ1n) is 9.83. The third-order valence-electron chi connectivity index (χ3n) is 5.49. The van der Waals surface area contributed by atoms with Crippen LogP contribution in [-0.2, 0) is 14.8 Å². The number of likely N-dealkylation sites (tertiary alicyclic amines) is 1. The first kappa shape index (κ1) is 21.1. The highest BCUT2D eigenvalue weighted by Crippen LogP contribution is 2.25. The van der Waals surface area contributed by atoms with E-state index >= 15 is 0 Å². The maximum atomic E-state index is 13.9. The molecule has 1 amide bonds. The minimum absolute atomic E-state index is 0.0496. The largest absolute Gasteiger partial charge is 0.356 e. The fourth-order valence-corrected chi connectivity index (χ4v) is 5.36. The van der Waals surface area contributed by atoms with E-state index in [0.717, 1.165) is 38.2 Å². The van der Waals surface area contributed by atoms with Crippen molar-refractivity contribution in [2.24, 2.45) is 5.92 Å². The Bertz CT molecular complexity index is 790. The van der Waals surface area contributed by atoms with Gasteiger partial charge in [0.1, 0.15) is 16.5 Å². The molecule has 1 N–H and O–H groups in total. The zero-order chi connectivity index (χ0) is 20.1. The number of nitrogens with zero attached hydrogens (tertiary/aromatic N) is 2. The van der Waals surface area contributed by atoms with Crippen LogP contribution in [0.25, 0.3) is 0 Å². The molecule has 6 nitrogen and oxygen atoms in total. The molecule has 1 aromatic rings. The van der Waals surface area contributed by atoms with Crippen LogP contribution in [0, 0.1) is 17.6 Å². The first-order valence-corrected chi connectivity index (χ1v) is 11.3. The van der Waals surface area contributed by atoms with Gasteiger partial charge >= 0.3 is 0 Å². The minimum Gasteiger partial charge on any atom is -0.356 e. The second-order valence-corrected chi connectivity index (χ2v) is 9.35. The summed E-state index contributed by atoms with van der Waals surface area (Å²) in [4.78, 5) is 14.2. The van der Waals surface area contributed by atoms with Crippen molar-refractivity contribution in [3.63, 3.8) is 0 Å². The molecular formula is C19H27F2N3O3S. The van der Waals surface area contributed by atoms with Gasteiger partial charge in [-0.1, -0.05) is 0 Å². The van der Waals surface area contributed by atoms with E-state index < -0.39 is 26.6 Å². The van der Waals surface area contributed by atoms with Gasteiger partial charge in [0.15, 0.2) is 0 Å². The number of hydrogen-bond acceptors (Lipinski definition) is 4. The van der Waals surface area contributed by atoms with Crippen molar-refractivity contribution in [3.05, 3.63) is 29.8 Å². The van der Waals surface area contributed by atoms with E-state index in [1.165, 1.54) is 17.1 Å². The Morgan fingerprint density at radius 1 is 1.11 bits per heavy atom. The molecular weight excluding hydrogens is 388 g/mol. The van der Waals surface area contributed by atoms with Gasteiger partial charge in [-0.3, -0.25) is 4.79 Å². The number of carbonyl (C=O) groups excluding carboxylic acids is 1. The topological polar surface area (TPSA) is 69.7 Å². The number of rotatable bonds is 7. The average Bonchev–Trinajstić information content (AvgIpc) is 3.18. The zero-order valence-corrected chi connectivity index (χ0v) is 16.7. The van der Waals surface area contributed by atoms with Crippen LogP contribution >= 0.6 is 0 Å². The molecule has 156 valence electrons. The van der Waals surface area contributed by atoms with E-state index in [1.54, 1.807) is 0 Å². The number of sulfonamides is 1. The number of piperidine rings is 1. The number of hydrogen-bond donors (Lipinski definition) is 1. The van der Waals surface area contributed by atoms with Crippen LogP contribution < -0.4 is 5.32 Å². The number of halogens is 2. The van der Waals surface area contributed by atoms with Crippen LogP contribution in [0.5, 0.6) is 0 Å². The summed E-state index contributed by atoms with van der Waals surface area (Å²) < 4.78 is 53.3. The SMILES string of the molecule is O=C(NCCCN1CCCC1)C1CCN(S(=O)(=O)c2ccc(F)cc2F)CC1. The molecule has 9 heteroatoms. The van der Waals surface area contributed by atoms with Crippen LogP contribution in [0.2, 0.25) is 0 Å². The van der Waals surface area contributed by atoms with E-state index in [2.05, 4.69) is 10.2 Å². The smallest absolute Gasteiger partial charge is 0.245 e. The van der Waals surface area contributed by atoms with E-state index in [1.807, 2.05) is 0 Å². The molecule has 0 aromatic heterocycles. The molecule has 1 aromatic carbocycles. The van der Waals surface area contributed by atoms with Gasteiger partial charge in [0, 0.05) is 31.6 Å². The van der Waals surface area contributed by atoms with Crippen molar-refractivity contribution in [2.75, 3.05) is 39.3 Å². The lowest BCUT2D eigenvalue weighted by Gasteiger charge is -2.30. The number of benzene rings is 1. The Hall–Kier alpha value is -1.58. The second-order valence-electron chi connectivity index (χ2n) is 7.45. The number of carbonyl (C=O) groups is 1. The van der Waals surface area contributed by atoms with Gasteiger partial charge in [-0.25, -0.2) is 17.2 Å². The van der Waals surface area contributed by atoms with Gasteiger partial charge < -0.3 is 10.2 Å². The molecule has 2 aliphatic rings. The fraction of sp³-hybridized carbons (Fsp3) is 0.632. The van der Waals surface area contributed by atoms with Gasteiger partial charge in [0.2, 0.25) is 15.9 Å². The minimum atomic E-state index is -4.03. The lowest BCUT2D eigenvalue weighted by Crippen LogP contribution is -2.43. The molecule has 0 aliphatic carbocycles. The molecule has 0 atom stereocenters. The Morgan fingerprint density at radius 3 is 2.43 bits per heavy atom. The van der Waals surface area contributed by atoms with Crippen LogP contribution in [-0.4, -0.2) is 62.8 Å². The summed E-state index contributed by atoms with van der Waals surface area (Å²) in [5, 5.41) is 2.94. The summed E-state index contributed by atoms with van der Waals surface area (Å²) in [6, 6.07) is 2.44. The summed E-state index contributed by atoms with van der Waals surface area (Å²) in [7, 11) is -4.03. The monoisotopic (exact) mass is 415 g/mol. The van der Waals surface area contributed by atoms with Crippen molar-refractivity contribution in [1.29, 1.82) is 0 Å². The predicted molar refractivity (Wildman–Crippen MR) is 101 cm³/mol. The molecule has 2 aliphatic heterocycles. The van der Waals surface area contributed by atoms with Crippen molar-refractivity contribution >= 4 is 15.9 Å². The Kier molecular flexibility index (Phi) is 7.00. The van der Waals surface area contributed by atoms with Crippen LogP contribution in [0.4, 0.5) is 8.78 Å². The van der Waals surface area contributed by atoms with E-state index in [4.69, 9.17) is 0 Å². The zero-order valence-electron chi connectivity index (χ0n) is 15.9. The summed E-state index contributed by atoms with van der Waals surface area (Å²) >= 11 is 0. The van der Waals surface area contributed by atoms with Gasteiger partial charge in [0.25, 0.3) is 0 Å². The normalized spacial score (nSPS) is 19.8. The maximum absolute atomic E-state index is 13.9. The standard InChI is InChI=1S/C19H27F2N3O3S/c20-16-4-5-18(17(21)14-16)28(26,27)24-12-6-15(7-13-24)19(25)22-8-3-11-23-9-1-2-10-23/h4-5,14-15H,1-3,6-13H2,(H,22,25). The quantitative estimate of drug-likeness (QED) is 0.692. The number of amides is 1. The third kappa shape index (κ3) is 5.07. The first-order chi connectivity index (χ1) is 13.4. The molecule has 0 saturated carbocycles. The summed E-state index contributed by atoms with van der Waals surface area (Å²) in [5.41, 5.74) is 0. The van der Waals surface area contributed by atoms with E-state index in [0.29, 0.717) is 25.5 Å². The molecule has 0 unspecified atom stereocenters. The van der Waals surface area contributed by atoms with Crippen molar-refractivity contribution in [2.45, 2.75) is 37.0 Å². The highest BCUT2D eigenvalue weighted by molar-refractivity contribution is 7.89. The molecule has 3 rings (SSSR count). The van der Waals surface area contributed by atoms with E-state index in [9.17, 15) is 22.0 Å². The van der Waals surface area contributed by atoms with Crippen molar-refractivity contribution in [3.8, 4) is 0 Å². The number of nitrogens with one attached hydrogen (secondary N) is 1.